The summed E-state index contributed by atoms with van der Waals surface area (Å²) in [4.78, 5) is 0. The Bertz CT molecular complexity index is 529. The summed E-state index contributed by atoms with van der Waals surface area (Å²) >= 11 is 0. The van der Waals surface area contributed by atoms with Crippen LogP contribution in [0.1, 0.15) is 51.2 Å². The number of benzene rings is 1. The normalized spacial score (nSPS) is 12.6. The minimum atomic E-state index is -3.33. The van der Waals surface area contributed by atoms with E-state index in [1.807, 2.05) is 52.1 Å². The Labute approximate surface area is 129 Å². The van der Waals surface area contributed by atoms with E-state index in [2.05, 4.69) is 10.0 Å². The Morgan fingerprint density at radius 3 is 2.14 bits per heavy atom. The van der Waals surface area contributed by atoms with E-state index >= 15 is 0 Å². The van der Waals surface area contributed by atoms with Gasteiger partial charge in [-0.05, 0) is 37.4 Å². The van der Waals surface area contributed by atoms with Crippen LogP contribution in [0.3, 0.4) is 0 Å². The first-order chi connectivity index (χ1) is 9.90. The van der Waals surface area contributed by atoms with Gasteiger partial charge in [-0.15, -0.1) is 0 Å². The largest absolute Gasteiger partial charge is 0.316 e. The van der Waals surface area contributed by atoms with Crippen LogP contribution in [0.25, 0.3) is 0 Å². The second kappa shape index (κ2) is 7.92. The Balaban J connectivity index is 2.87. The molecule has 0 bridgehead atoms. The van der Waals surface area contributed by atoms with E-state index < -0.39 is 10.0 Å². The maximum absolute atomic E-state index is 12.4. The molecular formula is C16H28N2O2S. The summed E-state index contributed by atoms with van der Waals surface area (Å²) in [7, 11) is -1.45. The van der Waals surface area contributed by atoms with Crippen LogP contribution in [0.15, 0.2) is 24.3 Å². The molecule has 2 N–H and O–H groups in total. The van der Waals surface area contributed by atoms with Gasteiger partial charge in [0.2, 0.25) is 10.0 Å². The first-order valence-electron chi connectivity index (χ1n) is 7.64. The molecule has 0 saturated carbocycles. The third-order valence-electron chi connectivity index (χ3n) is 4.13. The van der Waals surface area contributed by atoms with E-state index in [1.54, 1.807) is 0 Å². The van der Waals surface area contributed by atoms with Gasteiger partial charge < -0.3 is 5.32 Å². The molecule has 1 rings (SSSR count). The summed E-state index contributed by atoms with van der Waals surface area (Å²) < 4.78 is 27.8. The Morgan fingerprint density at radius 1 is 1.05 bits per heavy atom. The van der Waals surface area contributed by atoms with Gasteiger partial charge in [-0.3, -0.25) is 0 Å². The lowest BCUT2D eigenvalue weighted by Crippen LogP contribution is -2.47. The van der Waals surface area contributed by atoms with Crippen LogP contribution in [-0.4, -0.2) is 21.0 Å². The highest BCUT2D eigenvalue weighted by Gasteiger charge is 2.29. The lowest BCUT2D eigenvalue weighted by molar-refractivity contribution is 0.341. The highest BCUT2D eigenvalue weighted by atomic mass is 32.2. The third-order valence-corrected chi connectivity index (χ3v) is 5.59. The molecule has 0 saturated heterocycles. The van der Waals surface area contributed by atoms with Gasteiger partial charge in [-0.1, -0.05) is 45.0 Å². The summed E-state index contributed by atoms with van der Waals surface area (Å²) in [5, 5.41) is 3.07. The van der Waals surface area contributed by atoms with Crippen molar-refractivity contribution in [2.75, 3.05) is 7.05 Å². The minimum absolute atomic E-state index is 0.0340. The van der Waals surface area contributed by atoms with Gasteiger partial charge in [0.1, 0.15) is 0 Å². The van der Waals surface area contributed by atoms with Crippen molar-refractivity contribution >= 4 is 10.0 Å². The van der Waals surface area contributed by atoms with Crippen LogP contribution in [0.2, 0.25) is 0 Å². The number of rotatable bonds is 9. The van der Waals surface area contributed by atoms with Crippen molar-refractivity contribution in [2.24, 2.45) is 0 Å². The van der Waals surface area contributed by atoms with Gasteiger partial charge in [-0.2, -0.15) is 0 Å². The Kier molecular flexibility index (Phi) is 6.84. The molecule has 4 nitrogen and oxygen atoms in total. The quantitative estimate of drug-likeness (QED) is 0.737. The van der Waals surface area contributed by atoms with Crippen LogP contribution in [0, 0.1) is 0 Å². The molecule has 0 aromatic heterocycles. The van der Waals surface area contributed by atoms with Crippen molar-refractivity contribution in [1.82, 2.24) is 10.0 Å². The van der Waals surface area contributed by atoms with Gasteiger partial charge in [0.15, 0.2) is 0 Å². The standard InChI is InChI=1S/C16H28N2O2S/c1-5-16(6-2,7-3)18-21(19,20)13-15-10-8-9-14(11-15)12-17-4/h8-11,17-18H,5-7,12-13H2,1-4H3. The lowest BCUT2D eigenvalue weighted by Gasteiger charge is -2.31. The fraction of sp³-hybridized carbons (Fsp3) is 0.625. The molecule has 5 heteroatoms. The van der Waals surface area contributed by atoms with Gasteiger partial charge in [0.05, 0.1) is 5.75 Å². The van der Waals surface area contributed by atoms with Gasteiger partial charge >= 0.3 is 0 Å². The molecule has 0 heterocycles. The van der Waals surface area contributed by atoms with Gasteiger partial charge in [-0.25, -0.2) is 13.1 Å². The predicted octanol–water partition coefficient (Wildman–Crippen LogP) is 2.79. The number of nitrogens with one attached hydrogen (secondary N) is 2. The average Bonchev–Trinajstić information content (AvgIpc) is 2.45. The van der Waals surface area contributed by atoms with E-state index in [0.717, 1.165) is 36.9 Å². The first-order valence-corrected chi connectivity index (χ1v) is 9.29. The molecule has 0 radical (unpaired) electrons. The molecule has 0 atom stereocenters. The maximum Gasteiger partial charge on any atom is 0.216 e. The van der Waals surface area contributed by atoms with E-state index in [4.69, 9.17) is 0 Å². The first kappa shape index (κ1) is 18.1. The SMILES string of the molecule is CCC(CC)(CC)NS(=O)(=O)Cc1cccc(CNC)c1. The fourth-order valence-electron chi connectivity index (χ4n) is 2.59. The van der Waals surface area contributed by atoms with Crippen molar-refractivity contribution in [3.05, 3.63) is 35.4 Å². The summed E-state index contributed by atoms with van der Waals surface area (Å²) in [6.07, 6.45) is 2.41. The number of sulfonamides is 1. The van der Waals surface area contributed by atoms with Gasteiger partial charge in [0.25, 0.3) is 0 Å². The monoisotopic (exact) mass is 312 g/mol. The zero-order valence-corrected chi connectivity index (χ0v) is 14.4. The second-order valence-corrected chi connectivity index (χ2v) is 7.27. The number of hydrogen-bond acceptors (Lipinski definition) is 3. The van der Waals surface area contributed by atoms with Gasteiger partial charge in [0, 0.05) is 12.1 Å². The van der Waals surface area contributed by atoms with Crippen molar-refractivity contribution in [3.8, 4) is 0 Å². The fourth-order valence-corrected chi connectivity index (χ4v) is 4.37. The molecule has 0 unspecified atom stereocenters. The van der Waals surface area contributed by atoms with Crippen molar-refractivity contribution < 1.29 is 8.42 Å². The zero-order valence-electron chi connectivity index (χ0n) is 13.6. The summed E-state index contributed by atoms with van der Waals surface area (Å²) in [5.74, 6) is 0.0340. The van der Waals surface area contributed by atoms with Crippen molar-refractivity contribution in [1.29, 1.82) is 0 Å². The summed E-state index contributed by atoms with van der Waals surface area (Å²) in [6.45, 7) is 6.83. The van der Waals surface area contributed by atoms with E-state index in [9.17, 15) is 8.42 Å². The van der Waals surface area contributed by atoms with Crippen LogP contribution < -0.4 is 10.0 Å². The highest BCUT2D eigenvalue weighted by molar-refractivity contribution is 7.88. The molecule has 21 heavy (non-hydrogen) atoms. The molecule has 1 aromatic rings. The lowest BCUT2D eigenvalue weighted by atomic mass is 9.91. The summed E-state index contributed by atoms with van der Waals surface area (Å²) in [6, 6.07) is 7.71. The predicted molar refractivity (Wildman–Crippen MR) is 88.6 cm³/mol. The molecule has 0 fully saturated rings. The maximum atomic E-state index is 12.4. The molecule has 0 spiro atoms. The van der Waals surface area contributed by atoms with E-state index in [0.29, 0.717) is 0 Å². The van der Waals surface area contributed by atoms with Crippen LogP contribution in [0.5, 0.6) is 0 Å². The molecule has 1 aromatic carbocycles. The number of hydrogen-bond donors (Lipinski definition) is 2. The molecule has 120 valence electrons. The molecule has 0 aliphatic heterocycles. The third kappa shape index (κ3) is 5.41. The second-order valence-electron chi connectivity index (χ2n) is 5.55. The van der Waals surface area contributed by atoms with E-state index in [1.165, 1.54) is 0 Å². The molecular weight excluding hydrogens is 284 g/mol. The van der Waals surface area contributed by atoms with Crippen LogP contribution >= 0.6 is 0 Å². The molecule has 0 aliphatic carbocycles. The molecule has 0 aliphatic rings. The summed E-state index contributed by atoms with van der Waals surface area (Å²) in [5.41, 5.74) is 1.60. The van der Waals surface area contributed by atoms with Crippen molar-refractivity contribution in [3.63, 3.8) is 0 Å². The molecule has 0 amide bonds. The van der Waals surface area contributed by atoms with Crippen LogP contribution in [-0.2, 0) is 22.3 Å². The van der Waals surface area contributed by atoms with Crippen molar-refractivity contribution in [2.45, 2.75) is 57.9 Å². The van der Waals surface area contributed by atoms with E-state index in [-0.39, 0.29) is 11.3 Å². The van der Waals surface area contributed by atoms with Crippen LogP contribution in [0.4, 0.5) is 0 Å². The Hall–Kier alpha value is -0.910. The Morgan fingerprint density at radius 2 is 1.62 bits per heavy atom. The average molecular weight is 312 g/mol. The topological polar surface area (TPSA) is 58.2 Å². The highest BCUT2D eigenvalue weighted by Crippen LogP contribution is 2.21. The zero-order chi connectivity index (χ0) is 15.9. The minimum Gasteiger partial charge on any atom is -0.316 e. The smallest absolute Gasteiger partial charge is 0.216 e.